The van der Waals surface area contributed by atoms with Gasteiger partial charge in [-0.1, -0.05) is 56.6 Å². The summed E-state index contributed by atoms with van der Waals surface area (Å²) < 4.78 is 2.09. The predicted octanol–water partition coefficient (Wildman–Crippen LogP) is 2.14. The first-order chi connectivity index (χ1) is 14.7. The predicted molar refractivity (Wildman–Crippen MR) is 116 cm³/mol. The van der Waals surface area contributed by atoms with Gasteiger partial charge >= 0.3 is 0 Å². The first-order valence-corrected chi connectivity index (χ1v) is 12.8. The fraction of sp³-hybridized carbons (Fsp3) is 0.875. The van der Waals surface area contributed by atoms with Crippen molar-refractivity contribution in [3.8, 4) is 0 Å². The van der Waals surface area contributed by atoms with E-state index in [0.717, 1.165) is 31.8 Å². The van der Waals surface area contributed by atoms with E-state index in [2.05, 4.69) is 26.5 Å². The van der Waals surface area contributed by atoms with Gasteiger partial charge in [-0.25, -0.2) is 4.68 Å². The monoisotopic (exact) mass is 414 g/mol. The second kappa shape index (κ2) is 9.37. The van der Waals surface area contributed by atoms with Gasteiger partial charge < -0.3 is 10.2 Å². The maximum Gasteiger partial charge on any atom is 0.229 e. The summed E-state index contributed by atoms with van der Waals surface area (Å²) in [4.78, 5) is 14.6. The van der Waals surface area contributed by atoms with Gasteiger partial charge in [0.05, 0.1) is 31.2 Å². The summed E-state index contributed by atoms with van der Waals surface area (Å²) in [6.07, 6.45) is 18.8. The zero-order valence-corrected chi connectivity index (χ0v) is 18.5. The summed E-state index contributed by atoms with van der Waals surface area (Å²) >= 11 is 0. The molecule has 3 saturated heterocycles. The number of hydrogen-bond donors (Lipinski definition) is 2. The highest BCUT2D eigenvalue weighted by molar-refractivity contribution is 5.79. The molecule has 1 aromatic rings. The summed E-state index contributed by atoms with van der Waals surface area (Å²) in [5.74, 6) is 1.94. The molecule has 6 rings (SSSR count). The normalized spacial score (nSPS) is 32.9. The zero-order valence-electron chi connectivity index (χ0n) is 18.5. The topological polar surface area (TPSA) is 64.2 Å². The summed E-state index contributed by atoms with van der Waals surface area (Å²) in [7, 11) is 0. The van der Waals surface area contributed by atoms with Crippen LogP contribution in [0.25, 0.3) is 0 Å². The van der Waals surface area contributed by atoms with Gasteiger partial charge in [0.2, 0.25) is 5.91 Å². The molecule has 6 heteroatoms. The third-order valence-corrected chi connectivity index (χ3v) is 8.56. The molecule has 2 N–H and O–H groups in total. The van der Waals surface area contributed by atoms with E-state index in [1.807, 2.05) is 0 Å². The number of rotatable bonds is 6. The van der Waals surface area contributed by atoms with Gasteiger partial charge in [-0.15, -0.1) is 5.10 Å². The minimum atomic E-state index is 0.226. The molecule has 0 spiro atoms. The molecule has 5 fully saturated rings. The quantitative estimate of drug-likeness (QED) is 0.750. The van der Waals surface area contributed by atoms with Gasteiger partial charge in [0.15, 0.2) is 0 Å². The molecular formula is C24H40N5O+. The first-order valence-electron chi connectivity index (χ1n) is 12.8. The van der Waals surface area contributed by atoms with E-state index in [1.54, 1.807) is 4.90 Å². The van der Waals surface area contributed by atoms with E-state index in [9.17, 15) is 4.79 Å². The van der Waals surface area contributed by atoms with E-state index in [-0.39, 0.29) is 5.92 Å². The third-order valence-electron chi connectivity index (χ3n) is 8.56. The minimum Gasteiger partial charge on any atom is -0.353 e. The molecule has 2 saturated carbocycles. The Bertz CT molecular complexity index is 706. The first kappa shape index (κ1) is 20.5. The number of fused-ring (bicyclic) bond motifs is 3. The maximum atomic E-state index is 13.0. The second-order valence-electron chi connectivity index (χ2n) is 10.7. The van der Waals surface area contributed by atoms with E-state index >= 15 is 0 Å². The Morgan fingerprint density at radius 1 is 1.07 bits per heavy atom. The van der Waals surface area contributed by atoms with Gasteiger partial charge in [-0.2, -0.15) is 0 Å². The van der Waals surface area contributed by atoms with Gasteiger partial charge in [0.25, 0.3) is 0 Å². The number of aromatic nitrogens is 3. The number of piperidine rings is 3. The highest BCUT2D eigenvalue weighted by atomic mass is 16.2. The smallest absolute Gasteiger partial charge is 0.229 e. The molecule has 6 nitrogen and oxygen atoms in total. The van der Waals surface area contributed by atoms with Crippen molar-refractivity contribution in [1.29, 1.82) is 0 Å². The number of nitrogens with one attached hydrogen (secondary N) is 2. The summed E-state index contributed by atoms with van der Waals surface area (Å²) in [5.41, 5.74) is 1.18. The van der Waals surface area contributed by atoms with E-state index in [4.69, 9.17) is 0 Å². The fourth-order valence-electron chi connectivity index (χ4n) is 6.81. The van der Waals surface area contributed by atoms with Gasteiger partial charge in [-0.05, 0) is 31.1 Å². The lowest BCUT2D eigenvalue weighted by atomic mass is 9.75. The van der Waals surface area contributed by atoms with Crippen LogP contribution in [0.5, 0.6) is 0 Å². The van der Waals surface area contributed by atoms with Crippen molar-refractivity contribution in [2.75, 3.05) is 13.1 Å². The van der Waals surface area contributed by atoms with Crippen LogP contribution >= 0.6 is 0 Å². The Morgan fingerprint density at radius 3 is 2.57 bits per heavy atom. The van der Waals surface area contributed by atoms with Crippen molar-refractivity contribution in [3.63, 3.8) is 0 Å². The van der Waals surface area contributed by atoms with Crippen LogP contribution in [0.2, 0.25) is 0 Å². The SMILES string of the molecule is O=C(NC1CCCCC1)[C@H]1C[NH+]2CC[C@H]1C[C@@H]2Cn1cc(CC2CCCCC2)nn1. The molecule has 1 aromatic heterocycles. The molecule has 1 unspecified atom stereocenters. The lowest BCUT2D eigenvalue weighted by molar-refractivity contribution is -0.945. The van der Waals surface area contributed by atoms with Crippen molar-refractivity contribution in [2.24, 2.45) is 17.8 Å². The molecule has 4 atom stereocenters. The van der Waals surface area contributed by atoms with Crippen LogP contribution in [0.1, 0.15) is 82.7 Å². The van der Waals surface area contributed by atoms with Crippen LogP contribution in [0.15, 0.2) is 6.20 Å². The van der Waals surface area contributed by atoms with Crippen LogP contribution in [-0.4, -0.2) is 46.1 Å². The number of hydrogen-bond acceptors (Lipinski definition) is 3. The molecule has 2 aliphatic carbocycles. The Balaban J connectivity index is 1.13. The average molecular weight is 415 g/mol. The van der Waals surface area contributed by atoms with Gasteiger partial charge in [0.1, 0.15) is 6.04 Å². The van der Waals surface area contributed by atoms with Crippen molar-refractivity contribution in [2.45, 2.75) is 102 Å². The lowest BCUT2D eigenvalue weighted by Crippen LogP contribution is -3.20. The summed E-state index contributed by atoms with van der Waals surface area (Å²) in [6, 6.07) is 1.02. The fourth-order valence-corrected chi connectivity index (χ4v) is 6.81. The molecule has 3 aliphatic heterocycles. The van der Waals surface area contributed by atoms with E-state index in [1.165, 1.54) is 82.9 Å². The molecule has 4 heterocycles. The van der Waals surface area contributed by atoms with Gasteiger partial charge in [-0.3, -0.25) is 4.79 Å². The van der Waals surface area contributed by atoms with Crippen molar-refractivity contribution in [3.05, 3.63) is 11.9 Å². The molecule has 166 valence electrons. The zero-order chi connectivity index (χ0) is 20.3. The number of carbonyl (C=O) groups excluding carboxylic acids is 1. The maximum absolute atomic E-state index is 13.0. The number of nitrogens with zero attached hydrogens (tertiary/aromatic N) is 3. The second-order valence-corrected chi connectivity index (χ2v) is 10.7. The largest absolute Gasteiger partial charge is 0.353 e. The Labute approximate surface area is 181 Å². The molecule has 0 radical (unpaired) electrons. The Morgan fingerprint density at radius 2 is 1.83 bits per heavy atom. The molecule has 2 bridgehead atoms. The number of amides is 1. The number of carbonyl (C=O) groups is 1. The molecular weight excluding hydrogens is 374 g/mol. The standard InChI is InChI=1S/C24H39N5O/c30-24(25-20-9-5-2-6-10-20)23-17-28-12-11-19(23)14-22(28)16-29-15-21(26-27-29)13-18-7-3-1-4-8-18/h15,18-20,22-23H,1-14,16-17H2,(H,25,30)/p+1/t19-,22+,23-/m0/s1. The highest BCUT2D eigenvalue weighted by Gasteiger charge is 2.46. The Kier molecular flexibility index (Phi) is 6.40. The summed E-state index contributed by atoms with van der Waals surface area (Å²) in [6.45, 7) is 3.18. The molecule has 1 amide bonds. The third kappa shape index (κ3) is 4.74. The lowest BCUT2D eigenvalue weighted by Gasteiger charge is -2.46. The summed E-state index contributed by atoms with van der Waals surface area (Å²) in [5, 5.41) is 12.4. The Hall–Kier alpha value is -1.43. The van der Waals surface area contributed by atoms with Crippen LogP contribution in [-0.2, 0) is 17.8 Å². The van der Waals surface area contributed by atoms with Crippen LogP contribution in [0.4, 0.5) is 0 Å². The van der Waals surface area contributed by atoms with Crippen molar-refractivity contribution < 1.29 is 9.69 Å². The van der Waals surface area contributed by atoms with E-state index < -0.39 is 0 Å². The van der Waals surface area contributed by atoms with Crippen LogP contribution in [0.3, 0.4) is 0 Å². The molecule has 5 aliphatic rings. The van der Waals surface area contributed by atoms with Crippen molar-refractivity contribution in [1.82, 2.24) is 20.3 Å². The average Bonchev–Trinajstić information content (AvgIpc) is 3.22. The molecule has 30 heavy (non-hydrogen) atoms. The van der Waals surface area contributed by atoms with E-state index in [0.29, 0.717) is 23.9 Å². The molecule has 0 aromatic carbocycles. The number of quaternary nitrogens is 1. The van der Waals surface area contributed by atoms with Crippen LogP contribution in [0, 0.1) is 17.8 Å². The van der Waals surface area contributed by atoms with Crippen molar-refractivity contribution >= 4 is 5.91 Å². The van der Waals surface area contributed by atoms with Gasteiger partial charge in [0, 0.05) is 25.1 Å². The highest BCUT2D eigenvalue weighted by Crippen LogP contribution is 2.29. The van der Waals surface area contributed by atoms with Crippen LogP contribution < -0.4 is 10.2 Å². The minimum absolute atomic E-state index is 0.226.